The summed E-state index contributed by atoms with van der Waals surface area (Å²) >= 11 is 5.94. The Balaban J connectivity index is 1.77. The molecule has 1 aromatic heterocycles. The minimum Gasteiger partial charge on any atom is -0.325 e. The van der Waals surface area contributed by atoms with Crippen molar-refractivity contribution in [1.29, 1.82) is 0 Å². The number of nitrogens with one attached hydrogen (secondary N) is 1. The Labute approximate surface area is 150 Å². The lowest BCUT2D eigenvalue weighted by molar-refractivity contribution is -0.116. The molecule has 6 heteroatoms. The highest BCUT2D eigenvalue weighted by atomic mass is 35.5. The van der Waals surface area contributed by atoms with Crippen molar-refractivity contribution >= 4 is 34.1 Å². The van der Waals surface area contributed by atoms with Gasteiger partial charge in [0.25, 0.3) is 5.56 Å². The van der Waals surface area contributed by atoms with Crippen LogP contribution in [0.4, 0.5) is 5.69 Å². The fraction of sp³-hybridized carbons (Fsp3) is 0.211. The van der Waals surface area contributed by atoms with Crippen LogP contribution in [0.1, 0.15) is 25.3 Å². The molecular formula is C19H18ClN3O2. The minimum atomic E-state index is -0.294. The van der Waals surface area contributed by atoms with E-state index in [0.717, 1.165) is 0 Å². The van der Waals surface area contributed by atoms with Gasteiger partial charge in [-0.1, -0.05) is 37.6 Å². The van der Waals surface area contributed by atoms with Gasteiger partial charge in [0.2, 0.25) is 5.91 Å². The van der Waals surface area contributed by atoms with Gasteiger partial charge in [0.05, 0.1) is 17.2 Å². The Morgan fingerprint density at radius 3 is 2.60 bits per heavy atom. The van der Waals surface area contributed by atoms with Crippen molar-refractivity contribution in [3.05, 3.63) is 69.7 Å². The second kappa shape index (κ2) is 7.07. The van der Waals surface area contributed by atoms with E-state index in [1.54, 1.807) is 18.2 Å². The summed E-state index contributed by atoms with van der Waals surface area (Å²) in [6.45, 7) is 4.11. The van der Waals surface area contributed by atoms with Gasteiger partial charge in [-0.2, -0.15) is 0 Å². The number of carbonyl (C=O) groups excluding carboxylic acids is 1. The number of fused-ring (bicyclic) bond motifs is 1. The van der Waals surface area contributed by atoms with Crippen LogP contribution in [0.3, 0.4) is 0 Å². The van der Waals surface area contributed by atoms with Crippen molar-refractivity contribution in [3.63, 3.8) is 0 Å². The van der Waals surface area contributed by atoms with E-state index in [1.165, 1.54) is 16.5 Å². The third kappa shape index (κ3) is 3.88. The summed E-state index contributed by atoms with van der Waals surface area (Å²) in [6, 6.07) is 12.6. The maximum atomic E-state index is 12.5. The van der Waals surface area contributed by atoms with Gasteiger partial charge >= 0.3 is 0 Å². The number of carbonyl (C=O) groups is 1. The Morgan fingerprint density at radius 2 is 1.92 bits per heavy atom. The molecule has 0 radical (unpaired) electrons. The van der Waals surface area contributed by atoms with Crippen LogP contribution in [0, 0.1) is 0 Å². The predicted molar refractivity (Wildman–Crippen MR) is 100 cm³/mol. The number of nitrogens with zero attached hydrogens (tertiary/aromatic N) is 2. The van der Waals surface area contributed by atoms with Crippen LogP contribution in [0.2, 0.25) is 5.02 Å². The first-order valence-electron chi connectivity index (χ1n) is 7.98. The topological polar surface area (TPSA) is 64.0 Å². The van der Waals surface area contributed by atoms with Crippen molar-refractivity contribution in [2.75, 3.05) is 5.32 Å². The van der Waals surface area contributed by atoms with E-state index < -0.39 is 0 Å². The molecule has 0 fully saturated rings. The number of benzene rings is 2. The lowest BCUT2D eigenvalue weighted by Crippen LogP contribution is -2.27. The zero-order valence-corrected chi connectivity index (χ0v) is 14.7. The Kier molecular flexibility index (Phi) is 4.86. The smallest absolute Gasteiger partial charge is 0.261 e. The first-order valence-corrected chi connectivity index (χ1v) is 8.36. The fourth-order valence-electron chi connectivity index (χ4n) is 2.55. The average Bonchev–Trinajstić information content (AvgIpc) is 2.58. The lowest BCUT2D eigenvalue weighted by atomic mass is 10.0. The number of hydrogen-bond acceptors (Lipinski definition) is 3. The molecule has 128 valence electrons. The Morgan fingerprint density at radius 1 is 1.20 bits per heavy atom. The summed E-state index contributed by atoms with van der Waals surface area (Å²) in [7, 11) is 0. The zero-order chi connectivity index (χ0) is 18.0. The maximum absolute atomic E-state index is 12.5. The van der Waals surface area contributed by atoms with Crippen molar-refractivity contribution in [3.8, 4) is 0 Å². The summed E-state index contributed by atoms with van der Waals surface area (Å²) in [5.74, 6) is 0.140. The minimum absolute atomic E-state index is 0.111. The van der Waals surface area contributed by atoms with E-state index in [0.29, 0.717) is 27.5 Å². The quantitative estimate of drug-likeness (QED) is 0.774. The molecule has 3 aromatic rings. The number of anilines is 1. The van der Waals surface area contributed by atoms with Crippen LogP contribution in [-0.4, -0.2) is 15.5 Å². The molecule has 0 spiro atoms. The van der Waals surface area contributed by atoms with Gasteiger partial charge in [0.15, 0.2) is 0 Å². The van der Waals surface area contributed by atoms with Crippen LogP contribution in [-0.2, 0) is 11.3 Å². The standard InChI is InChI=1S/C19H18ClN3O2/c1-12(2)13-3-6-15(7-4-13)22-18(24)10-23-11-21-17-8-5-14(20)9-16(17)19(23)25/h3-9,11-12H,10H2,1-2H3,(H,22,24). The maximum Gasteiger partial charge on any atom is 0.261 e. The molecule has 0 aliphatic carbocycles. The second-order valence-corrected chi connectivity index (χ2v) is 6.60. The van der Waals surface area contributed by atoms with Crippen molar-refractivity contribution in [2.24, 2.45) is 0 Å². The summed E-state index contributed by atoms with van der Waals surface area (Å²) in [6.07, 6.45) is 1.38. The summed E-state index contributed by atoms with van der Waals surface area (Å²) in [4.78, 5) is 28.9. The molecule has 0 saturated carbocycles. The molecule has 1 heterocycles. The van der Waals surface area contributed by atoms with E-state index >= 15 is 0 Å². The lowest BCUT2D eigenvalue weighted by Gasteiger charge is -2.10. The van der Waals surface area contributed by atoms with Crippen LogP contribution in [0.5, 0.6) is 0 Å². The van der Waals surface area contributed by atoms with Gasteiger partial charge in [0.1, 0.15) is 6.54 Å². The van der Waals surface area contributed by atoms with Crippen molar-refractivity contribution in [1.82, 2.24) is 9.55 Å². The van der Waals surface area contributed by atoms with Crippen LogP contribution < -0.4 is 10.9 Å². The monoisotopic (exact) mass is 355 g/mol. The highest BCUT2D eigenvalue weighted by Gasteiger charge is 2.09. The second-order valence-electron chi connectivity index (χ2n) is 6.16. The Hall–Kier alpha value is -2.66. The molecule has 25 heavy (non-hydrogen) atoms. The first-order chi connectivity index (χ1) is 11.9. The van der Waals surface area contributed by atoms with E-state index in [1.807, 2.05) is 24.3 Å². The molecule has 0 unspecified atom stereocenters. The number of hydrogen-bond donors (Lipinski definition) is 1. The van der Waals surface area contributed by atoms with E-state index in [9.17, 15) is 9.59 Å². The predicted octanol–water partition coefficient (Wildman–Crippen LogP) is 3.81. The third-order valence-corrected chi connectivity index (χ3v) is 4.20. The highest BCUT2D eigenvalue weighted by molar-refractivity contribution is 6.31. The van der Waals surface area contributed by atoms with Gasteiger partial charge < -0.3 is 5.32 Å². The number of amides is 1. The van der Waals surface area contributed by atoms with Gasteiger partial charge in [-0.15, -0.1) is 0 Å². The van der Waals surface area contributed by atoms with Crippen molar-refractivity contribution in [2.45, 2.75) is 26.3 Å². The number of rotatable bonds is 4. The number of aromatic nitrogens is 2. The molecule has 0 aliphatic rings. The SMILES string of the molecule is CC(C)c1ccc(NC(=O)Cn2cnc3ccc(Cl)cc3c2=O)cc1. The van der Waals surface area contributed by atoms with E-state index in [-0.39, 0.29) is 18.0 Å². The molecule has 0 atom stereocenters. The zero-order valence-electron chi connectivity index (χ0n) is 14.0. The van der Waals surface area contributed by atoms with Crippen LogP contribution >= 0.6 is 11.6 Å². The highest BCUT2D eigenvalue weighted by Crippen LogP contribution is 2.17. The van der Waals surface area contributed by atoms with Gasteiger partial charge in [-0.3, -0.25) is 14.2 Å². The van der Waals surface area contributed by atoms with Crippen LogP contribution in [0.25, 0.3) is 10.9 Å². The Bertz CT molecular complexity index is 978. The largest absolute Gasteiger partial charge is 0.325 e. The molecular weight excluding hydrogens is 338 g/mol. The van der Waals surface area contributed by atoms with Gasteiger partial charge in [0, 0.05) is 10.7 Å². The van der Waals surface area contributed by atoms with Crippen molar-refractivity contribution < 1.29 is 4.79 Å². The summed E-state index contributed by atoms with van der Waals surface area (Å²) < 4.78 is 1.27. The van der Waals surface area contributed by atoms with E-state index in [2.05, 4.69) is 24.1 Å². The normalized spacial score (nSPS) is 11.0. The average molecular weight is 356 g/mol. The molecule has 2 aromatic carbocycles. The molecule has 0 saturated heterocycles. The molecule has 5 nitrogen and oxygen atoms in total. The van der Waals surface area contributed by atoms with Crippen LogP contribution in [0.15, 0.2) is 53.6 Å². The fourth-order valence-corrected chi connectivity index (χ4v) is 2.72. The molecule has 1 amide bonds. The summed E-state index contributed by atoms with van der Waals surface area (Å²) in [5.41, 5.74) is 2.15. The number of halogens is 1. The summed E-state index contributed by atoms with van der Waals surface area (Å²) in [5, 5.41) is 3.64. The molecule has 0 aliphatic heterocycles. The van der Waals surface area contributed by atoms with E-state index in [4.69, 9.17) is 11.6 Å². The molecule has 1 N–H and O–H groups in total. The molecule has 0 bridgehead atoms. The van der Waals surface area contributed by atoms with Gasteiger partial charge in [-0.05, 0) is 41.8 Å². The third-order valence-electron chi connectivity index (χ3n) is 3.96. The van der Waals surface area contributed by atoms with Gasteiger partial charge in [-0.25, -0.2) is 4.98 Å². The molecule has 3 rings (SSSR count). The first kappa shape index (κ1) is 17.2.